The molecular formula is C25H29NO. The Kier molecular flexibility index (Phi) is 7.34. The van der Waals surface area contributed by atoms with E-state index in [0.29, 0.717) is 0 Å². The molecule has 3 aromatic rings. The quantitative estimate of drug-likeness (QED) is 0.426. The number of hydrogen-bond acceptors (Lipinski definition) is 2. The van der Waals surface area contributed by atoms with E-state index >= 15 is 0 Å². The topological polar surface area (TPSA) is 12.5 Å². The Morgan fingerprint density at radius 1 is 0.704 bits per heavy atom. The van der Waals surface area contributed by atoms with E-state index in [0.717, 1.165) is 44.6 Å². The second kappa shape index (κ2) is 10.4. The molecule has 0 aliphatic carbocycles. The van der Waals surface area contributed by atoms with Crippen molar-refractivity contribution in [2.45, 2.75) is 25.7 Å². The van der Waals surface area contributed by atoms with Gasteiger partial charge in [0.05, 0.1) is 6.61 Å². The molecule has 3 rings (SSSR count). The van der Waals surface area contributed by atoms with Crippen LogP contribution in [0.15, 0.2) is 84.9 Å². The first-order chi connectivity index (χ1) is 13.3. The van der Waals surface area contributed by atoms with E-state index in [4.69, 9.17) is 4.74 Å². The Labute approximate surface area is 163 Å². The van der Waals surface area contributed by atoms with Gasteiger partial charge in [-0.05, 0) is 55.0 Å². The van der Waals surface area contributed by atoms with Crippen molar-refractivity contribution in [2.24, 2.45) is 0 Å². The summed E-state index contributed by atoms with van der Waals surface area (Å²) in [5.41, 5.74) is 3.93. The van der Waals surface area contributed by atoms with Crippen LogP contribution < -0.4 is 9.64 Å². The zero-order valence-electron chi connectivity index (χ0n) is 16.2. The second-order valence-electron chi connectivity index (χ2n) is 6.91. The number of hydrogen-bond donors (Lipinski definition) is 0. The van der Waals surface area contributed by atoms with Crippen LogP contribution in [0.25, 0.3) is 0 Å². The lowest BCUT2D eigenvalue weighted by molar-refractivity contribution is 0.304. The van der Waals surface area contributed by atoms with E-state index in [2.05, 4.69) is 96.9 Å². The largest absolute Gasteiger partial charge is 0.493 e. The van der Waals surface area contributed by atoms with Gasteiger partial charge in [0.25, 0.3) is 0 Å². The lowest BCUT2D eigenvalue weighted by atomic mass is 10.0. The van der Waals surface area contributed by atoms with Crippen LogP contribution in [0.3, 0.4) is 0 Å². The standard InChI is InChI=1S/C25H29NO/c1-26(24-15-6-3-7-16-24)20-10-11-21-27-25-17-9-8-14-23(25)19-18-22-12-4-2-5-13-22/h2-9,12-17H,10-11,18-21H2,1H3. The molecule has 140 valence electrons. The molecule has 0 unspecified atom stereocenters. The van der Waals surface area contributed by atoms with Crippen LogP contribution in [-0.2, 0) is 12.8 Å². The fraction of sp³-hybridized carbons (Fsp3) is 0.280. The number of benzene rings is 3. The van der Waals surface area contributed by atoms with Crippen molar-refractivity contribution in [3.8, 4) is 5.75 Å². The average Bonchev–Trinajstić information content (AvgIpc) is 2.74. The number of rotatable bonds is 10. The molecule has 0 bridgehead atoms. The Balaban J connectivity index is 1.42. The highest BCUT2D eigenvalue weighted by Crippen LogP contribution is 2.20. The molecule has 0 aromatic heterocycles. The van der Waals surface area contributed by atoms with Crippen molar-refractivity contribution in [3.05, 3.63) is 96.1 Å². The summed E-state index contributed by atoms with van der Waals surface area (Å²) in [6.45, 7) is 1.81. The minimum atomic E-state index is 0.769. The fourth-order valence-electron chi connectivity index (χ4n) is 3.22. The lowest BCUT2D eigenvalue weighted by Gasteiger charge is -2.19. The Morgan fingerprint density at radius 3 is 2.15 bits per heavy atom. The van der Waals surface area contributed by atoms with E-state index in [9.17, 15) is 0 Å². The minimum absolute atomic E-state index is 0.769. The van der Waals surface area contributed by atoms with Gasteiger partial charge in [-0.15, -0.1) is 0 Å². The van der Waals surface area contributed by atoms with Crippen molar-refractivity contribution in [1.82, 2.24) is 0 Å². The molecule has 0 spiro atoms. The van der Waals surface area contributed by atoms with Gasteiger partial charge in [-0.3, -0.25) is 0 Å². The maximum atomic E-state index is 6.09. The molecular weight excluding hydrogens is 330 g/mol. The number of unbranched alkanes of at least 4 members (excludes halogenated alkanes) is 1. The van der Waals surface area contributed by atoms with E-state index in [1.54, 1.807) is 0 Å². The van der Waals surface area contributed by atoms with Gasteiger partial charge in [0.15, 0.2) is 0 Å². The van der Waals surface area contributed by atoms with Crippen molar-refractivity contribution in [2.75, 3.05) is 25.1 Å². The van der Waals surface area contributed by atoms with Gasteiger partial charge in [0.2, 0.25) is 0 Å². The number of ether oxygens (including phenoxy) is 1. The molecule has 2 heteroatoms. The van der Waals surface area contributed by atoms with Crippen LogP contribution in [0.1, 0.15) is 24.0 Å². The van der Waals surface area contributed by atoms with Crippen molar-refractivity contribution < 1.29 is 4.74 Å². The summed E-state index contributed by atoms with van der Waals surface area (Å²) in [5, 5.41) is 0. The molecule has 0 aliphatic rings. The van der Waals surface area contributed by atoms with Gasteiger partial charge in [-0.25, -0.2) is 0 Å². The number of anilines is 1. The summed E-state index contributed by atoms with van der Waals surface area (Å²) in [6.07, 6.45) is 4.24. The summed E-state index contributed by atoms with van der Waals surface area (Å²) < 4.78 is 6.09. The van der Waals surface area contributed by atoms with Crippen LogP contribution >= 0.6 is 0 Å². The molecule has 3 aromatic carbocycles. The first-order valence-corrected chi connectivity index (χ1v) is 9.84. The Morgan fingerprint density at radius 2 is 1.37 bits per heavy atom. The van der Waals surface area contributed by atoms with Crippen LogP contribution in [0.5, 0.6) is 5.75 Å². The Hall–Kier alpha value is -2.74. The van der Waals surface area contributed by atoms with E-state index in [1.807, 2.05) is 0 Å². The normalized spacial score (nSPS) is 10.6. The van der Waals surface area contributed by atoms with Gasteiger partial charge in [0.1, 0.15) is 5.75 Å². The molecule has 0 saturated carbocycles. The summed E-state index contributed by atoms with van der Waals surface area (Å²) in [4.78, 5) is 2.30. The maximum absolute atomic E-state index is 6.09. The highest BCUT2D eigenvalue weighted by molar-refractivity contribution is 5.44. The molecule has 0 aliphatic heterocycles. The average molecular weight is 360 g/mol. The van der Waals surface area contributed by atoms with Gasteiger partial charge in [-0.2, -0.15) is 0 Å². The van der Waals surface area contributed by atoms with Crippen LogP contribution in [0, 0.1) is 0 Å². The van der Waals surface area contributed by atoms with Gasteiger partial charge in [0, 0.05) is 19.3 Å². The number of aryl methyl sites for hydroxylation is 2. The molecule has 0 saturated heterocycles. The lowest BCUT2D eigenvalue weighted by Crippen LogP contribution is -2.18. The zero-order valence-corrected chi connectivity index (χ0v) is 16.2. The van der Waals surface area contributed by atoms with E-state index in [1.165, 1.54) is 16.8 Å². The summed E-state index contributed by atoms with van der Waals surface area (Å²) in [7, 11) is 2.15. The molecule has 2 nitrogen and oxygen atoms in total. The molecule has 0 atom stereocenters. The third-order valence-corrected chi connectivity index (χ3v) is 4.84. The van der Waals surface area contributed by atoms with Crippen molar-refractivity contribution >= 4 is 5.69 Å². The predicted molar refractivity (Wildman–Crippen MR) is 115 cm³/mol. The Bertz CT molecular complexity index is 786. The summed E-state index contributed by atoms with van der Waals surface area (Å²) >= 11 is 0. The molecule has 0 heterocycles. The molecule has 0 radical (unpaired) electrons. The monoisotopic (exact) mass is 359 g/mol. The molecule has 0 amide bonds. The smallest absolute Gasteiger partial charge is 0.122 e. The van der Waals surface area contributed by atoms with Crippen molar-refractivity contribution in [3.63, 3.8) is 0 Å². The summed E-state index contributed by atoms with van der Waals surface area (Å²) in [6, 6.07) is 29.6. The van der Waals surface area contributed by atoms with Gasteiger partial charge >= 0.3 is 0 Å². The second-order valence-corrected chi connectivity index (χ2v) is 6.91. The first-order valence-electron chi connectivity index (χ1n) is 9.84. The number of para-hydroxylation sites is 2. The molecule has 0 N–H and O–H groups in total. The van der Waals surface area contributed by atoms with Crippen LogP contribution in [0.2, 0.25) is 0 Å². The van der Waals surface area contributed by atoms with E-state index < -0.39 is 0 Å². The zero-order chi connectivity index (χ0) is 18.7. The number of nitrogens with zero attached hydrogens (tertiary/aromatic N) is 1. The SMILES string of the molecule is CN(CCCCOc1ccccc1CCc1ccccc1)c1ccccc1. The van der Waals surface area contributed by atoms with Gasteiger partial charge in [-0.1, -0.05) is 66.7 Å². The van der Waals surface area contributed by atoms with E-state index in [-0.39, 0.29) is 0 Å². The molecule has 27 heavy (non-hydrogen) atoms. The predicted octanol–water partition coefficient (Wildman–Crippen LogP) is 5.77. The van der Waals surface area contributed by atoms with Gasteiger partial charge < -0.3 is 9.64 Å². The maximum Gasteiger partial charge on any atom is 0.122 e. The third kappa shape index (κ3) is 6.18. The van der Waals surface area contributed by atoms with Crippen LogP contribution in [-0.4, -0.2) is 20.2 Å². The van der Waals surface area contributed by atoms with Crippen LogP contribution in [0.4, 0.5) is 5.69 Å². The first kappa shape index (κ1) is 19.0. The summed E-state index contributed by atoms with van der Waals surface area (Å²) in [5.74, 6) is 1.03. The fourth-order valence-corrected chi connectivity index (χ4v) is 3.22. The molecule has 0 fully saturated rings. The van der Waals surface area contributed by atoms with Crippen molar-refractivity contribution in [1.29, 1.82) is 0 Å². The highest BCUT2D eigenvalue weighted by Gasteiger charge is 2.04. The minimum Gasteiger partial charge on any atom is -0.493 e. The third-order valence-electron chi connectivity index (χ3n) is 4.84. The highest BCUT2D eigenvalue weighted by atomic mass is 16.5.